The van der Waals surface area contributed by atoms with E-state index >= 15 is 0 Å². The Hall–Kier alpha value is -3.06. The maximum atomic E-state index is 13.7. The lowest BCUT2D eigenvalue weighted by Crippen LogP contribution is -2.29. The van der Waals surface area contributed by atoms with Crippen LogP contribution >= 0.6 is 11.6 Å². The molecule has 0 aromatic carbocycles. The number of hydrazone groups is 1. The third-order valence-electron chi connectivity index (χ3n) is 4.68. The fourth-order valence-electron chi connectivity index (χ4n) is 3.41. The van der Waals surface area contributed by atoms with Crippen LogP contribution in [0.4, 0.5) is 4.39 Å². The van der Waals surface area contributed by atoms with E-state index < -0.39 is 5.95 Å². The molecule has 1 aliphatic heterocycles. The minimum absolute atomic E-state index is 0.0294. The number of hydrogen-bond acceptors (Lipinski definition) is 5. The number of aryl methyl sites for hydroxylation is 1. The van der Waals surface area contributed by atoms with Crippen LogP contribution in [0, 0.1) is 18.8 Å². The third-order valence-corrected chi connectivity index (χ3v) is 5.02. The Balaban J connectivity index is 1.79. The average Bonchev–Trinajstić information content (AvgIpc) is 3.26. The predicted molar refractivity (Wildman–Crippen MR) is 103 cm³/mol. The molecule has 0 saturated carbocycles. The molecule has 3 aromatic rings. The standard InChI is InChI=1S/C19H14ClFN6/c1-10-2-3-15-19(24-10)27(18(25-15)11-4-5-22-16(21)7-11)13-6-12-9-23-26-17(12)14(20)8-13/h2-9,12,17,26H,1H3. The molecule has 6 nitrogen and oxygen atoms in total. The molecule has 0 radical (unpaired) electrons. The SMILES string of the molecule is Cc1ccc2nc(-c3ccnc(F)c3)n(C3=CC4C=NNC4C(Cl)=C3)c2n1. The smallest absolute Gasteiger partial charge is 0.213 e. The molecule has 1 aliphatic carbocycles. The van der Waals surface area contributed by atoms with Crippen molar-refractivity contribution in [3.63, 3.8) is 0 Å². The largest absolute Gasteiger partial charge is 0.301 e. The van der Waals surface area contributed by atoms with Gasteiger partial charge in [0.25, 0.3) is 0 Å². The summed E-state index contributed by atoms with van der Waals surface area (Å²) in [6, 6.07) is 6.84. The van der Waals surface area contributed by atoms with Crippen LogP contribution < -0.4 is 5.43 Å². The first-order valence-electron chi connectivity index (χ1n) is 8.46. The van der Waals surface area contributed by atoms with Crippen molar-refractivity contribution in [1.82, 2.24) is 24.9 Å². The monoisotopic (exact) mass is 380 g/mol. The molecule has 2 aliphatic rings. The summed E-state index contributed by atoms with van der Waals surface area (Å²) in [5, 5.41) is 4.77. The third kappa shape index (κ3) is 2.62. The van der Waals surface area contributed by atoms with Gasteiger partial charge in [-0.25, -0.2) is 15.0 Å². The first-order valence-corrected chi connectivity index (χ1v) is 8.84. The molecule has 0 amide bonds. The van der Waals surface area contributed by atoms with Crippen molar-refractivity contribution in [2.45, 2.75) is 13.0 Å². The second-order valence-corrected chi connectivity index (χ2v) is 6.95. The molecule has 0 fully saturated rings. The zero-order valence-electron chi connectivity index (χ0n) is 14.3. The second-order valence-electron chi connectivity index (χ2n) is 6.52. The van der Waals surface area contributed by atoms with E-state index in [1.54, 1.807) is 6.07 Å². The number of imidazole rings is 1. The van der Waals surface area contributed by atoms with E-state index in [1.807, 2.05) is 35.9 Å². The summed E-state index contributed by atoms with van der Waals surface area (Å²) in [5.41, 5.74) is 6.72. The Bertz CT molecular complexity index is 1160. The summed E-state index contributed by atoms with van der Waals surface area (Å²) < 4.78 is 15.7. The maximum absolute atomic E-state index is 13.7. The lowest BCUT2D eigenvalue weighted by Gasteiger charge is -2.22. The number of rotatable bonds is 2. The Morgan fingerprint density at radius 1 is 1.22 bits per heavy atom. The van der Waals surface area contributed by atoms with Crippen LogP contribution in [-0.4, -0.2) is 31.8 Å². The molecule has 0 saturated heterocycles. The zero-order chi connectivity index (χ0) is 18.5. The van der Waals surface area contributed by atoms with Crippen LogP contribution in [0.25, 0.3) is 28.2 Å². The lowest BCUT2D eigenvalue weighted by atomic mass is 9.96. The van der Waals surface area contributed by atoms with Gasteiger partial charge < -0.3 is 5.43 Å². The molecule has 134 valence electrons. The Labute approximate surface area is 159 Å². The summed E-state index contributed by atoms with van der Waals surface area (Å²) in [4.78, 5) is 13.0. The van der Waals surface area contributed by atoms with Crippen LogP contribution in [0.1, 0.15) is 5.69 Å². The van der Waals surface area contributed by atoms with Crippen molar-refractivity contribution in [3.8, 4) is 11.4 Å². The molecule has 8 heteroatoms. The molecular weight excluding hydrogens is 367 g/mol. The highest BCUT2D eigenvalue weighted by Gasteiger charge is 2.30. The van der Waals surface area contributed by atoms with E-state index in [1.165, 1.54) is 12.3 Å². The van der Waals surface area contributed by atoms with Crippen LogP contribution in [-0.2, 0) is 0 Å². The summed E-state index contributed by atoms with van der Waals surface area (Å²) in [6.45, 7) is 1.92. The number of fused-ring (bicyclic) bond motifs is 2. The summed E-state index contributed by atoms with van der Waals surface area (Å²) in [6.07, 6.45) is 7.18. The Kier molecular flexibility index (Phi) is 3.58. The van der Waals surface area contributed by atoms with Gasteiger partial charge >= 0.3 is 0 Å². The van der Waals surface area contributed by atoms with Gasteiger partial charge in [0.05, 0.1) is 6.04 Å². The molecule has 2 atom stereocenters. The summed E-state index contributed by atoms with van der Waals surface area (Å²) in [7, 11) is 0. The summed E-state index contributed by atoms with van der Waals surface area (Å²) in [5.74, 6) is 0.0492. The average molecular weight is 381 g/mol. The van der Waals surface area contributed by atoms with E-state index in [4.69, 9.17) is 16.6 Å². The van der Waals surface area contributed by atoms with Gasteiger partial charge in [-0.2, -0.15) is 9.49 Å². The van der Waals surface area contributed by atoms with Crippen molar-refractivity contribution in [3.05, 3.63) is 59.3 Å². The number of aromatic nitrogens is 4. The van der Waals surface area contributed by atoms with Crippen molar-refractivity contribution in [1.29, 1.82) is 0 Å². The van der Waals surface area contributed by atoms with Gasteiger partial charge in [-0.05, 0) is 37.3 Å². The van der Waals surface area contributed by atoms with E-state index in [0.29, 0.717) is 22.1 Å². The molecule has 1 N–H and O–H groups in total. The highest BCUT2D eigenvalue weighted by Crippen LogP contribution is 2.34. The molecule has 5 rings (SSSR count). The molecule has 0 spiro atoms. The van der Waals surface area contributed by atoms with E-state index in [2.05, 4.69) is 26.6 Å². The normalized spacial score (nSPS) is 21.0. The van der Waals surface area contributed by atoms with Gasteiger partial charge in [0.2, 0.25) is 5.95 Å². The molecule has 2 unspecified atom stereocenters. The zero-order valence-corrected chi connectivity index (χ0v) is 15.0. The van der Waals surface area contributed by atoms with Crippen LogP contribution in [0.5, 0.6) is 0 Å². The maximum Gasteiger partial charge on any atom is 0.213 e. The molecule has 27 heavy (non-hydrogen) atoms. The van der Waals surface area contributed by atoms with Gasteiger partial charge in [-0.1, -0.05) is 11.6 Å². The van der Waals surface area contributed by atoms with Crippen molar-refractivity contribution in [2.24, 2.45) is 11.0 Å². The number of nitrogens with one attached hydrogen (secondary N) is 1. The highest BCUT2D eigenvalue weighted by molar-refractivity contribution is 6.31. The number of pyridine rings is 2. The van der Waals surface area contributed by atoms with Crippen molar-refractivity contribution >= 4 is 34.7 Å². The first-order chi connectivity index (χ1) is 13.1. The molecular formula is C19H14ClFN6. The minimum Gasteiger partial charge on any atom is -0.301 e. The summed E-state index contributed by atoms with van der Waals surface area (Å²) >= 11 is 6.49. The van der Waals surface area contributed by atoms with E-state index in [0.717, 1.165) is 16.9 Å². The first kappa shape index (κ1) is 16.1. The van der Waals surface area contributed by atoms with Crippen LogP contribution in [0.15, 0.2) is 52.7 Å². The van der Waals surface area contributed by atoms with Gasteiger partial charge in [0, 0.05) is 46.4 Å². The second kappa shape index (κ2) is 5.99. The van der Waals surface area contributed by atoms with Gasteiger partial charge in [0.15, 0.2) is 5.65 Å². The highest BCUT2D eigenvalue weighted by atomic mass is 35.5. The topological polar surface area (TPSA) is 68.0 Å². The van der Waals surface area contributed by atoms with Crippen LogP contribution in [0.3, 0.4) is 0 Å². The molecule has 3 aromatic heterocycles. The predicted octanol–water partition coefficient (Wildman–Crippen LogP) is 3.49. The fourth-order valence-corrected chi connectivity index (χ4v) is 3.72. The molecule has 0 bridgehead atoms. The Morgan fingerprint density at radius 2 is 2.11 bits per heavy atom. The minimum atomic E-state index is -0.561. The quantitative estimate of drug-likeness (QED) is 0.691. The van der Waals surface area contributed by atoms with Crippen molar-refractivity contribution < 1.29 is 4.39 Å². The van der Waals surface area contributed by atoms with Crippen molar-refractivity contribution in [2.75, 3.05) is 0 Å². The fraction of sp³-hybridized carbons (Fsp3) is 0.158. The number of halogens is 2. The van der Waals surface area contributed by atoms with Gasteiger partial charge in [-0.15, -0.1) is 0 Å². The van der Waals surface area contributed by atoms with Crippen LogP contribution in [0.2, 0.25) is 0 Å². The lowest BCUT2D eigenvalue weighted by molar-refractivity contribution is 0.584. The van der Waals surface area contributed by atoms with Gasteiger partial charge in [-0.3, -0.25) is 4.57 Å². The van der Waals surface area contributed by atoms with E-state index in [-0.39, 0.29) is 12.0 Å². The number of allylic oxidation sites excluding steroid dienone is 2. The number of hydrogen-bond donors (Lipinski definition) is 1. The Morgan fingerprint density at radius 3 is 2.96 bits per heavy atom. The van der Waals surface area contributed by atoms with E-state index in [9.17, 15) is 4.39 Å². The van der Waals surface area contributed by atoms with Gasteiger partial charge in [0.1, 0.15) is 11.3 Å². The number of nitrogens with zero attached hydrogens (tertiary/aromatic N) is 5. The molecule has 4 heterocycles.